The Morgan fingerprint density at radius 1 is 0.694 bits per heavy atom. The Labute approximate surface area is 205 Å². The van der Waals surface area contributed by atoms with Gasteiger partial charge in [-0.15, -0.1) is 0 Å². The van der Waals surface area contributed by atoms with Gasteiger partial charge in [-0.3, -0.25) is 4.57 Å². The van der Waals surface area contributed by atoms with Gasteiger partial charge in [0.1, 0.15) is 23.0 Å². The zero-order chi connectivity index (χ0) is 25.4. The van der Waals surface area contributed by atoms with Crippen molar-refractivity contribution < 1.29 is 23.4 Å². The van der Waals surface area contributed by atoms with E-state index >= 15 is 0 Å². The molecule has 36 heavy (non-hydrogen) atoms. The van der Waals surface area contributed by atoms with Crippen molar-refractivity contribution in [1.82, 2.24) is 9.55 Å². The highest BCUT2D eigenvalue weighted by molar-refractivity contribution is 5.88. The predicted molar refractivity (Wildman–Crippen MR) is 133 cm³/mol. The van der Waals surface area contributed by atoms with E-state index in [2.05, 4.69) is 0 Å². The molecule has 0 atom stereocenters. The van der Waals surface area contributed by atoms with Crippen molar-refractivity contribution in [1.29, 1.82) is 0 Å². The van der Waals surface area contributed by atoms with Crippen LogP contribution >= 0.6 is 0 Å². The fourth-order valence-corrected chi connectivity index (χ4v) is 4.15. The van der Waals surface area contributed by atoms with Gasteiger partial charge in [-0.05, 0) is 55.5 Å². The van der Waals surface area contributed by atoms with Gasteiger partial charge in [-0.25, -0.2) is 4.98 Å². The lowest BCUT2D eigenvalue weighted by molar-refractivity contribution is -0.137. The molecule has 0 aliphatic rings. The van der Waals surface area contributed by atoms with E-state index in [4.69, 9.17) is 4.98 Å². The molecule has 0 amide bonds. The Morgan fingerprint density at radius 2 is 1.25 bits per heavy atom. The molecule has 7 heteroatoms. The number of benzene rings is 4. The number of phenolic OH excluding ortho intramolecular Hbond substituents is 2. The Bertz CT molecular complexity index is 1540. The van der Waals surface area contributed by atoms with E-state index in [1.807, 2.05) is 31.2 Å². The maximum Gasteiger partial charge on any atom is 0.416 e. The van der Waals surface area contributed by atoms with Crippen LogP contribution in [0.2, 0.25) is 0 Å². The minimum atomic E-state index is -4.47. The van der Waals surface area contributed by atoms with E-state index in [1.165, 1.54) is 18.2 Å². The summed E-state index contributed by atoms with van der Waals surface area (Å²) >= 11 is 0. The first-order valence-corrected chi connectivity index (χ1v) is 11.2. The molecule has 0 saturated heterocycles. The molecule has 5 aromatic rings. The third kappa shape index (κ3) is 4.20. The maximum atomic E-state index is 13.2. The zero-order valence-electron chi connectivity index (χ0n) is 19.2. The lowest BCUT2D eigenvalue weighted by Gasteiger charge is -2.15. The van der Waals surface area contributed by atoms with Gasteiger partial charge >= 0.3 is 6.18 Å². The first-order valence-electron chi connectivity index (χ1n) is 11.2. The lowest BCUT2D eigenvalue weighted by atomic mass is 10.0. The largest absolute Gasteiger partial charge is 0.507 e. The number of aromatic hydroxyl groups is 2. The van der Waals surface area contributed by atoms with Crippen molar-refractivity contribution in [2.45, 2.75) is 13.1 Å². The number of hydrogen-bond donors (Lipinski definition) is 2. The molecule has 1 heterocycles. The highest BCUT2D eigenvalue weighted by Crippen LogP contribution is 2.44. The monoisotopic (exact) mass is 486 g/mol. The number of nitrogens with zero attached hydrogens (tertiary/aromatic N) is 2. The highest BCUT2D eigenvalue weighted by Gasteiger charge is 2.31. The zero-order valence-corrected chi connectivity index (χ0v) is 19.2. The number of alkyl halides is 3. The van der Waals surface area contributed by atoms with Crippen molar-refractivity contribution in [3.8, 4) is 51.1 Å². The fraction of sp³-hybridized carbons (Fsp3) is 0.0690. The third-order valence-corrected chi connectivity index (χ3v) is 5.96. The normalized spacial score (nSPS) is 11.6. The molecule has 0 saturated carbocycles. The molecular weight excluding hydrogens is 465 g/mol. The standard InChI is InChI=1S/C29H21F3N2O2/c1-18-10-16-21(17-11-18)34-27(23-7-3-5-9-25(23)36)26(22-6-2-4-8-24(22)35)33-28(34)19-12-14-20(15-13-19)29(30,31)32/h2-17,35-36H,1H3. The van der Waals surface area contributed by atoms with Crippen LogP contribution in [0.4, 0.5) is 13.2 Å². The minimum absolute atomic E-state index is 0.00130. The van der Waals surface area contributed by atoms with Crippen molar-refractivity contribution in [2.75, 3.05) is 0 Å². The van der Waals surface area contributed by atoms with E-state index in [-0.39, 0.29) is 11.5 Å². The summed E-state index contributed by atoms with van der Waals surface area (Å²) in [6.45, 7) is 1.95. The molecule has 0 fully saturated rings. The minimum Gasteiger partial charge on any atom is -0.507 e. The quantitative estimate of drug-likeness (QED) is 0.275. The van der Waals surface area contributed by atoms with Crippen LogP contribution in [-0.2, 0) is 6.18 Å². The molecule has 4 nitrogen and oxygen atoms in total. The molecule has 1 aromatic heterocycles. The van der Waals surface area contributed by atoms with Gasteiger partial charge in [-0.2, -0.15) is 13.2 Å². The average Bonchev–Trinajstić information content (AvgIpc) is 3.25. The SMILES string of the molecule is Cc1ccc(-n2c(-c3ccc(C(F)(F)F)cc3)nc(-c3ccccc3O)c2-c2ccccc2O)cc1. The van der Waals surface area contributed by atoms with Gasteiger partial charge in [0.2, 0.25) is 0 Å². The highest BCUT2D eigenvalue weighted by atomic mass is 19.4. The van der Waals surface area contributed by atoms with Crippen molar-refractivity contribution in [3.05, 3.63) is 108 Å². The first kappa shape index (κ1) is 23.2. The number of rotatable bonds is 4. The van der Waals surface area contributed by atoms with E-state index in [1.54, 1.807) is 47.0 Å². The maximum absolute atomic E-state index is 13.2. The van der Waals surface area contributed by atoms with Crippen LogP contribution in [0.1, 0.15) is 11.1 Å². The molecule has 5 rings (SSSR count). The molecule has 0 bridgehead atoms. The summed E-state index contributed by atoms with van der Waals surface area (Å²) in [5.41, 5.74) is 3.17. The van der Waals surface area contributed by atoms with Crippen LogP contribution in [-0.4, -0.2) is 19.8 Å². The Hall–Kier alpha value is -4.52. The van der Waals surface area contributed by atoms with Gasteiger partial charge in [0, 0.05) is 22.4 Å². The van der Waals surface area contributed by atoms with E-state index < -0.39 is 11.7 Å². The Balaban J connectivity index is 1.87. The second-order valence-corrected chi connectivity index (χ2v) is 8.41. The summed E-state index contributed by atoms with van der Waals surface area (Å²) < 4.78 is 41.5. The number of imidazole rings is 1. The van der Waals surface area contributed by atoms with Crippen molar-refractivity contribution in [2.24, 2.45) is 0 Å². The van der Waals surface area contributed by atoms with Crippen LogP contribution in [0.5, 0.6) is 11.5 Å². The van der Waals surface area contributed by atoms with Crippen molar-refractivity contribution in [3.63, 3.8) is 0 Å². The Kier molecular flexibility index (Phi) is 5.76. The van der Waals surface area contributed by atoms with Gasteiger partial charge in [0.25, 0.3) is 0 Å². The number of halogens is 3. The van der Waals surface area contributed by atoms with E-state index in [0.29, 0.717) is 39.6 Å². The second-order valence-electron chi connectivity index (χ2n) is 8.41. The molecule has 0 radical (unpaired) electrons. The topological polar surface area (TPSA) is 58.3 Å². The van der Waals surface area contributed by atoms with Crippen LogP contribution in [0.3, 0.4) is 0 Å². The molecule has 0 unspecified atom stereocenters. The molecule has 4 aromatic carbocycles. The van der Waals surface area contributed by atoms with Crippen LogP contribution in [0.25, 0.3) is 39.6 Å². The number of para-hydroxylation sites is 2. The Morgan fingerprint density at radius 3 is 1.81 bits per heavy atom. The summed E-state index contributed by atoms with van der Waals surface area (Å²) in [5, 5.41) is 21.5. The number of phenols is 2. The molecule has 0 spiro atoms. The molecule has 0 aliphatic carbocycles. The van der Waals surface area contributed by atoms with Crippen LogP contribution in [0, 0.1) is 6.92 Å². The van der Waals surface area contributed by atoms with Gasteiger partial charge in [0.05, 0.1) is 11.3 Å². The smallest absolute Gasteiger partial charge is 0.416 e. The summed E-state index contributed by atoms with van der Waals surface area (Å²) in [6, 6.07) is 25.8. The summed E-state index contributed by atoms with van der Waals surface area (Å²) in [6.07, 6.45) is -4.47. The molecule has 180 valence electrons. The summed E-state index contributed by atoms with van der Waals surface area (Å²) in [7, 11) is 0. The van der Waals surface area contributed by atoms with E-state index in [9.17, 15) is 23.4 Å². The summed E-state index contributed by atoms with van der Waals surface area (Å²) in [5.74, 6) is 0.354. The summed E-state index contributed by atoms with van der Waals surface area (Å²) in [4.78, 5) is 4.83. The van der Waals surface area contributed by atoms with Gasteiger partial charge in [0.15, 0.2) is 0 Å². The molecule has 2 N–H and O–H groups in total. The first-order chi connectivity index (χ1) is 17.2. The second kappa shape index (κ2) is 8.92. The average molecular weight is 486 g/mol. The number of aromatic nitrogens is 2. The fourth-order valence-electron chi connectivity index (χ4n) is 4.15. The lowest BCUT2D eigenvalue weighted by Crippen LogP contribution is -2.05. The van der Waals surface area contributed by atoms with Crippen LogP contribution in [0.15, 0.2) is 97.1 Å². The third-order valence-electron chi connectivity index (χ3n) is 5.96. The van der Waals surface area contributed by atoms with Gasteiger partial charge in [-0.1, -0.05) is 54.1 Å². The van der Waals surface area contributed by atoms with Gasteiger partial charge < -0.3 is 10.2 Å². The predicted octanol–water partition coefficient (Wildman–Crippen LogP) is 7.61. The molecular formula is C29H21F3N2O2. The van der Waals surface area contributed by atoms with E-state index in [0.717, 1.165) is 17.7 Å². The van der Waals surface area contributed by atoms with Crippen molar-refractivity contribution >= 4 is 0 Å². The number of aryl methyl sites for hydroxylation is 1. The number of hydrogen-bond acceptors (Lipinski definition) is 3. The van der Waals surface area contributed by atoms with Crippen LogP contribution < -0.4 is 0 Å². The molecule has 0 aliphatic heterocycles.